The lowest BCUT2D eigenvalue weighted by atomic mass is 10.2. The minimum atomic E-state index is -2.25. The number of unbranched alkanes of at least 4 members (excludes halogenated alkanes) is 1. The van der Waals surface area contributed by atoms with Crippen LogP contribution in [-0.4, -0.2) is 35.0 Å². The smallest absolute Gasteiger partial charge is 0.420 e. The number of hydrogen-bond acceptors (Lipinski definition) is 7. The molecule has 1 N–H and O–H groups in total. The van der Waals surface area contributed by atoms with Gasteiger partial charge in [-0.05, 0) is 12.8 Å². The lowest BCUT2D eigenvalue weighted by Gasteiger charge is -2.26. The zero-order valence-electron chi connectivity index (χ0n) is 12.2. The van der Waals surface area contributed by atoms with E-state index in [2.05, 4.69) is 22.6 Å². The first-order chi connectivity index (χ1) is 10.2. The molecule has 8 heteroatoms. The molecule has 0 unspecified atom stereocenters. The summed E-state index contributed by atoms with van der Waals surface area (Å²) in [5.74, 6) is -5.96. The second kappa shape index (κ2) is 9.32. The van der Waals surface area contributed by atoms with Crippen molar-refractivity contribution in [2.24, 2.45) is 0 Å². The van der Waals surface area contributed by atoms with Crippen molar-refractivity contribution in [1.82, 2.24) is 0 Å². The number of hydrogen-bond donors (Lipinski definition) is 1. The molecule has 0 bridgehead atoms. The van der Waals surface area contributed by atoms with Gasteiger partial charge in [-0.3, -0.25) is 9.59 Å². The molecule has 0 amide bonds. The normalized spacial score (nSPS) is 10.2. The van der Waals surface area contributed by atoms with E-state index in [0.29, 0.717) is 0 Å². The fourth-order valence-corrected chi connectivity index (χ4v) is 1.31. The summed E-state index contributed by atoms with van der Waals surface area (Å²) in [7, 11) is 0. The molecule has 0 fully saturated rings. The highest BCUT2D eigenvalue weighted by molar-refractivity contribution is 5.83. The fourth-order valence-electron chi connectivity index (χ4n) is 1.31. The summed E-state index contributed by atoms with van der Waals surface area (Å²) in [5, 5.41) is 8.47. The average molecular weight is 314 g/mol. The average Bonchev–Trinajstić information content (AvgIpc) is 2.42. The second-order valence-electron chi connectivity index (χ2n) is 4.19. The van der Waals surface area contributed by atoms with E-state index in [0.717, 1.165) is 19.1 Å². The van der Waals surface area contributed by atoms with Crippen molar-refractivity contribution in [1.29, 1.82) is 0 Å². The molecule has 0 aromatic rings. The highest BCUT2D eigenvalue weighted by atomic mass is 16.9. The van der Waals surface area contributed by atoms with Crippen LogP contribution in [0.25, 0.3) is 0 Å². The van der Waals surface area contributed by atoms with Crippen molar-refractivity contribution in [3.05, 3.63) is 25.3 Å². The van der Waals surface area contributed by atoms with Crippen LogP contribution in [0.2, 0.25) is 0 Å². The van der Waals surface area contributed by atoms with Gasteiger partial charge in [0.25, 0.3) is 0 Å². The predicted octanol–water partition coefficient (Wildman–Crippen LogP) is 1.31. The summed E-state index contributed by atoms with van der Waals surface area (Å²) in [6, 6.07) is 0. The second-order valence-corrected chi connectivity index (χ2v) is 4.19. The maximum Gasteiger partial charge on any atom is 0.420 e. The van der Waals surface area contributed by atoms with Crippen LogP contribution < -0.4 is 0 Å². The molecule has 0 rings (SSSR count). The Bertz CT molecular complexity index is 443. The highest BCUT2D eigenvalue weighted by Gasteiger charge is 2.37. The van der Waals surface area contributed by atoms with Crippen LogP contribution in [0.15, 0.2) is 25.3 Å². The van der Waals surface area contributed by atoms with Crippen LogP contribution in [0.4, 0.5) is 0 Å². The highest BCUT2D eigenvalue weighted by Crippen LogP contribution is 2.18. The Morgan fingerprint density at radius 1 is 0.955 bits per heavy atom. The molecule has 0 aromatic carbocycles. The molecule has 122 valence electrons. The summed E-state index contributed by atoms with van der Waals surface area (Å²) in [6.07, 6.45) is 1.94. The third-order valence-electron chi connectivity index (χ3n) is 2.23. The van der Waals surface area contributed by atoms with Gasteiger partial charge in [0.1, 0.15) is 0 Å². The van der Waals surface area contributed by atoms with Gasteiger partial charge < -0.3 is 19.3 Å². The van der Waals surface area contributed by atoms with Gasteiger partial charge in [-0.25, -0.2) is 9.59 Å². The maximum absolute atomic E-state index is 11.6. The Morgan fingerprint density at radius 3 is 1.82 bits per heavy atom. The van der Waals surface area contributed by atoms with Gasteiger partial charge in [-0.15, -0.1) is 0 Å². The van der Waals surface area contributed by atoms with Gasteiger partial charge in [0.15, 0.2) is 0 Å². The Morgan fingerprint density at radius 2 is 1.41 bits per heavy atom. The molecule has 0 aromatic heterocycles. The predicted molar refractivity (Wildman–Crippen MR) is 73.2 cm³/mol. The van der Waals surface area contributed by atoms with Gasteiger partial charge in [-0.2, -0.15) is 0 Å². The van der Waals surface area contributed by atoms with Crippen LogP contribution in [0.5, 0.6) is 0 Å². The van der Waals surface area contributed by atoms with Crippen molar-refractivity contribution in [2.75, 3.05) is 0 Å². The van der Waals surface area contributed by atoms with E-state index >= 15 is 0 Å². The van der Waals surface area contributed by atoms with Gasteiger partial charge >= 0.3 is 29.9 Å². The number of esters is 3. The molecule has 0 saturated heterocycles. The number of carbonyl (C=O) groups is 4. The number of ether oxygens (including phenoxy) is 3. The molecule has 0 spiro atoms. The third kappa shape index (κ3) is 8.51. The fraction of sp³-hybridized carbons (Fsp3) is 0.429. The number of carboxylic acids is 1. The van der Waals surface area contributed by atoms with E-state index in [4.69, 9.17) is 9.84 Å². The van der Waals surface area contributed by atoms with E-state index in [1.165, 1.54) is 0 Å². The van der Waals surface area contributed by atoms with E-state index in [1.54, 1.807) is 0 Å². The molecule has 0 aliphatic rings. The van der Waals surface area contributed by atoms with Crippen molar-refractivity contribution < 1.29 is 38.5 Å². The largest absolute Gasteiger partial charge is 0.481 e. The zero-order chi connectivity index (χ0) is 17.2. The first kappa shape index (κ1) is 19.4. The molecule has 8 nitrogen and oxygen atoms in total. The molecule has 22 heavy (non-hydrogen) atoms. The lowest BCUT2D eigenvalue weighted by molar-refractivity contribution is -0.316. The van der Waals surface area contributed by atoms with Gasteiger partial charge in [0.05, 0.1) is 6.92 Å². The maximum atomic E-state index is 11.6. The lowest BCUT2D eigenvalue weighted by Crippen LogP contribution is -2.41. The van der Waals surface area contributed by atoms with Crippen molar-refractivity contribution >= 4 is 23.9 Å². The molecule has 0 atom stereocenters. The van der Waals surface area contributed by atoms with E-state index < -0.39 is 29.9 Å². The van der Waals surface area contributed by atoms with Crippen LogP contribution >= 0.6 is 0 Å². The summed E-state index contributed by atoms with van der Waals surface area (Å²) in [5.41, 5.74) is 0. The molecule has 0 aliphatic heterocycles. The summed E-state index contributed by atoms with van der Waals surface area (Å²) in [4.78, 5) is 44.4. The first-order valence-corrected chi connectivity index (χ1v) is 6.37. The summed E-state index contributed by atoms with van der Waals surface area (Å²) >= 11 is 0. The molecule has 0 saturated carbocycles. The minimum absolute atomic E-state index is 0.0819. The Labute approximate surface area is 127 Å². The SMILES string of the molecule is C=CC(=O)OC(C)(OC(=O)C=C)OC(=O)CCCCC(=O)O. The minimum Gasteiger partial charge on any atom is -0.481 e. The van der Waals surface area contributed by atoms with Gasteiger partial charge in [-0.1, -0.05) is 13.2 Å². The number of rotatable bonds is 10. The van der Waals surface area contributed by atoms with Crippen molar-refractivity contribution in [3.63, 3.8) is 0 Å². The van der Waals surface area contributed by atoms with E-state index in [-0.39, 0.29) is 25.7 Å². The first-order valence-electron chi connectivity index (χ1n) is 6.37. The van der Waals surface area contributed by atoms with Gasteiger partial charge in [0, 0.05) is 25.0 Å². The summed E-state index contributed by atoms with van der Waals surface area (Å²) < 4.78 is 14.2. The molecular formula is C14H18O8. The monoisotopic (exact) mass is 314 g/mol. The molecule has 0 radical (unpaired) electrons. The molecule has 0 aliphatic carbocycles. The van der Waals surface area contributed by atoms with E-state index in [1.807, 2.05) is 0 Å². The Balaban J connectivity index is 4.61. The Hall–Kier alpha value is -2.64. The number of carboxylic acid groups (broad SMARTS) is 1. The number of aliphatic carboxylic acids is 1. The van der Waals surface area contributed by atoms with Crippen molar-refractivity contribution in [2.45, 2.75) is 38.6 Å². The molecular weight excluding hydrogens is 296 g/mol. The van der Waals surface area contributed by atoms with E-state index in [9.17, 15) is 19.2 Å². The zero-order valence-corrected chi connectivity index (χ0v) is 12.2. The Kier molecular flexibility index (Phi) is 8.21. The standard InChI is InChI=1S/C14H18O8/c1-4-11(17)20-14(3,21-12(18)5-2)22-13(19)9-7-6-8-10(15)16/h4-5H,1-2,6-9H2,3H3,(H,15,16). The van der Waals surface area contributed by atoms with Gasteiger partial charge in [0.2, 0.25) is 0 Å². The third-order valence-corrected chi connectivity index (χ3v) is 2.23. The quantitative estimate of drug-likeness (QED) is 0.277. The van der Waals surface area contributed by atoms with Crippen LogP contribution in [0.1, 0.15) is 32.6 Å². The van der Waals surface area contributed by atoms with Crippen LogP contribution in [0.3, 0.4) is 0 Å². The van der Waals surface area contributed by atoms with Crippen LogP contribution in [-0.2, 0) is 33.4 Å². The van der Waals surface area contributed by atoms with Crippen molar-refractivity contribution in [3.8, 4) is 0 Å². The molecule has 0 heterocycles. The summed E-state index contributed by atoms with van der Waals surface area (Å²) in [6.45, 7) is 7.40. The van der Waals surface area contributed by atoms with Crippen LogP contribution in [0, 0.1) is 0 Å². The topological polar surface area (TPSA) is 116 Å². The number of carbonyl (C=O) groups excluding carboxylic acids is 3.